The van der Waals surface area contributed by atoms with E-state index in [4.69, 9.17) is 16.7 Å². The fourth-order valence-corrected chi connectivity index (χ4v) is 2.22. The maximum Gasteiger partial charge on any atom is 0.337 e. The zero-order valence-electron chi connectivity index (χ0n) is 6.67. The molecule has 0 spiro atoms. The van der Waals surface area contributed by atoms with E-state index >= 15 is 0 Å². The number of carboxylic acids is 1. The van der Waals surface area contributed by atoms with Gasteiger partial charge in [-0.05, 0) is 37.9 Å². The molecule has 0 heterocycles. The Balaban J connectivity index is 3.24. The van der Waals surface area contributed by atoms with E-state index in [9.17, 15) is 9.90 Å². The lowest BCUT2D eigenvalue weighted by Crippen LogP contribution is -2.11. The van der Waals surface area contributed by atoms with Crippen LogP contribution in [0.25, 0.3) is 0 Å². The fourth-order valence-electron chi connectivity index (χ4n) is 0.885. The highest BCUT2D eigenvalue weighted by atomic mass is 79.9. The van der Waals surface area contributed by atoms with Crippen molar-refractivity contribution in [3.8, 4) is 0 Å². The normalized spacial score (nSPS) is 12.6. The number of hydrogen-bond acceptors (Lipinski definition) is 2. The molecule has 0 fully saturated rings. The van der Waals surface area contributed by atoms with E-state index in [-0.39, 0.29) is 5.56 Å². The molecule has 1 aromatic carbocycles. The molecule has 2 N–H and O–H groups in total. The van der Waals surface area contributed by atoms with Crippen molar-refractivity contribution >= 4 is 49.4 Å². The molecule has 1 rings (SSSR count). The molecular weight excluding hydrogens is 339 g/mol. The van der Waals surface area contributed by atoms with E-state index in [2.05, 4.69) is 31.9 Å². The summed E-state index contributed by atoms with van der Waals surface area (Å²) < 4.78 is 1.01. The zero-order chi connectivity index (χ0) is 10.9. The summed E-state index contributed by atoms with van der Waals surface area (Å²) in [6.07, 6.45) is -1.57. The Morgan fingerprint density at radius 1 is 1.43 bits per heavy atom. The Morgan fingerprint density at radius 2 is 2.00 bits per heavy atom. The summed E-state index contributed by atoms with van der Waals surface area (Å²) in [5.74, 6) is -1.32. The SMILES string of the molecule is O=C(O)C(O)c1ccc(Br)c(Cl)c1Br. The largest absolute Gasteiger partial charge is 0.479 e. The second-order valence-corrected chi connectivity index (χ2v) is 4.53. The van der Waals surface area contributed by atoms with Crippen LogP contribution in [0.15, 0.2) is 21.1 Å². The molecule has 0 amide bonds. The molecule has 6 heteroatoms. The lowest BCUT2D eigenvalue weighted by Gasteiger charge is -2.10. The van der Waals surface area contributed by atoms with Gasteiger partial charge in [-0.25, -0.2) is 4.79 Å². The molecule has 0 radical (unpaired) electrons. The third-order valence-corrected chi connectivity index (χ3v) is 3.96. The van der Waals surface area contributed by atoms with Gasteiger partial charge < -0.3 is 10.2 Å². The van der Waals surface area contributed by atoms with Crippen LogP contribution >= 0.6 is 43.5 Å². The van der Waals surface area contributed by atoms with Crippen molar-refractivity contribution in [3.05, 3.63) is 31.7 Å². The van der Waals surface area contributed by atoms with Gasteiger partial charge in [0.1, 0.15) is 0 Å². The highest BCUT2D eigenvalue weighted by Gasteiger charge is 2.20. The second kappa shape index (κ2) is 4.61. The third-order valence-electron chi connectivity index (χ3n) is 1.59. The molecule has 0 aliphatic carbocycles. The number of rotatable bonds is 2. The molecule has 1 aromatic rings. The van der Waals surface area contributed by atoms with Gasteiger partial charge in [0.25, 0.3) is 0 Å². The van der Waals surface area contributed by atoms with E-state index in [1.807, 2.05) is 0 Å². The smallest absolute Gasteiger partial charge is 0.337 e. The number of hydrogen-bond donors (Lipinski definition) is 2. The average molecular weight is 344 g/mol. The number of carboxylic acid groups (broad SMARTS) is 1. The maximum atomic E-state index is 10.5. The van der Waals surface area contributed by atoms with E-state index in [0.29, 0.717) is 14.0 Å². The standard InChI is InChI=1S/C8H5Br2ClO3/c9-4-2-1-3(5(10)6(4)11)7(12)8(13)14/h1-2,7,12H,(H,13,14). The number of aliphatic hydroxyl groups excluding tert-OH is 1. The van der Waals surface area contributed by atoms with Crippen molar-refractivity contribution in [2.24, 2.45) is 0 Å². The molecule has 1 atom stereocenters. The first-order chi connectivity index (χ1) is 6.45. The quantitative estimate of drug-likeness (QED) is 0.811. The molecular formula is C8H5Br2ClO3. The first-order valence-corrected chi connectivity index (χ1v) is 5.45. The molecule has 1 unspecified atom stereocenters. The van der Waals surface area contributed by atoms with Crippen molar-refractivity contribution in [3.63, 3.8) is 0 Å². The first kappa shape index (κ1) is 12.0. The van der Waals surface area contributed by atoms with Crippen LogP contribution in [0.4, 0.5) is 0 Å². The minimum atomic E-state index is -1.57. The van der Waals surface area contributed by atoms with Crippen LogP contribution in [0, 0.1) is 0 Å². The van der Waals surface area contributed by atoms with Crippen LogP contribution in [0.1, 0.15) is 11.7 Å². The summed E-state index contributed by atoms with van der Waals surface area (Å²) in [4.78, 5) is 10.5. The van der Waals surface area contributed by atoms with Gasteiger partial charge in [0, 0.05) is 14.5 Å². The number of halogens is 3. The summed E-state index contributed by atoms with van der Waals surface area (Å²) in [6, 6.07) is 3.06. The molecule has 0 aromatic heterocycles. The van der Waals surface area contributed by atoms with Crippen LogP contribution in [0.3, 0.4) is 0 Å². The maximum absolute atomic E-state index is 10.5. The Bertz CT molecular complexity index is 381. The van der Waals surface area contributed by atoms with E-state index in [1.165, 1.54) is 6.07 Å². The summed E-state index contributed by atoms with van der Waals surface area (Å²) in [5, 5.41) is 18.2. The van der Waals surface area contributed by atoms with Crippen LogP contribution in [-0.2, 0) is 4.79 Å². The van der Waals surface area contributed by atoms with E-state index in [0.717, 1.165) is 0 Å². The molecule has 0 aliphatic rings. The van der Waals surface area contributed by atoms with Gasteiger partial charge in [-0.15, -0.1) is 0 Å². The Hall–Kier alpha value is -0.100. The van der Waals surface area contributed by atoms with E-state index < -0.39 is 12.1 Å². The summed E-state index contributed by atoms with van der Waals surface area (Å²) >= 11 is 12.1. The minimum Gasteiger partial charge on any atom is -0.479 e. The Labute approximate surface area is 102 Å². The Morgan fingerprint density at radius 3 is 2.50 bits per heavy atom. The number of aliphatic hydroxyl groups is 1. The van der Waals surface area contributed by atoms with Gasteiger partial charge in [-0.1, -0.05) is 17.7 Å². The lowest BCUT2D eigenvalue weighted by molar-refractivity contribution is -0.147. The Kier molecular flexibility index (Phi) is 3.94. The highest BCUT2D eigenvalue weighted by Crippen LogP contribution is 2.35. The van der Waals surface area contributed by atoms with Gasteiger partial charge >= 0.3 is 5.97 Å². The number of aliphatic carboxylic acids is 1. The van der Waals surface area contributed by atoms with Crippen LogP contribution < -0.4 is 0 Å². The molecule has 0 saturated carbocycles. The molecule has 14 heavy (non-hydrogen) atoms. The predicted octanol–water partition coefficient (Wildman–Crippen LogP) is 2.98. The second-order valence-electron chi connectivity index (χ2n) is 2.51. The fraction of sp³-hybridized carbons (Fsp3) is 0.125. The van der Waals surface area contributed by atoms with Crippen LogP contribution in [-0.4, -0.2) is 16.2 Å². The van der Waals surface area contributed by atoms with Crippen molar-refractivity contribution in [2.75, 3.05) is 0 Å². The number of benzene rings is 1. The predicted molar refractivity (Wildman–Crippen MR) is 59.4 cm³/mol. The van der Waals surface area contributed by atoms with Gasteiger partial charge in [-0.3, -0.25) is 0 Å². The molecule has 3 nitrogen and oxygen atoms in total. The van der Waals surface area contributed by atoms with Gasteiger partial charge in [0.05, 0.1) is 5.02 Å². The average Bonchev–Trinajstić information content (AvgIpc) is 2.13. The van der Waals surface area contributed by atoms with Gasteiger partial charge in [-0.2, -0.15) is 0 Å². The molecule has 76 valence electrons. The van der Waals surface area contributed by atoms with Crippen LogP contribution in [0.5, 0.6) is 0 Å². The molecule has 0 bridgehead atoms. The first-order valence-electron chi connectivity index (χ1n) is 3.49. The van der Waals surface area contributed by atoms with Crippen LogP contribution in [0.2, 0.25) is 5.02 Å². The zero-order valence-corrected chi connectivity index (χ0v) is 10.6. The van der Waals surface area contributed by atoms with E-state index in [1.54, 1.807) is 6.07 Å². The van der Waals surface area contributed by atoms with Crippen molar-refractivity contribution in [1.29, 1.82) is 0 Å². The summed E-state index contributed by atoms with van der Waals surface area (Å²) in [5.41, 5.74) is 0.228. The lowest BCUT2D eigenvalue weighted by atomic mass is 10.1. The van der Waals surface area contributed by atoms with Crippen molar-refractivity contribution in [1.82, 2.24) is 0 Å². The third kappa shape index (κ3) is 2.28. The monoisotopic (exact) mass is 342 g/mol. The summed E-state index contributed by atoms with van der Waals surface area (Å²) in [7, 11) is 0. The summed E-state index contributed by atoms with van der Waals surface area (Å²) in [6.45, 7) is 0. The van der Waals surface area contributed by atoms with Gasteiger partial charge in [0.2, 0.25) is 0 Å². The number of carbonyl (C=O) groups is 1. The minimum absolute atomic E-state index is 0.228. The topological polar surface area (TPSA) is 57.5 Å². The molecule has 0 saturated heterocycles. The molecule has 0 aliphatic heterocycles. The van der Waals surface area contributed by atoms with Crippen molar-refractivity contribution < 1.29 is 15.0 Å². The van der Waals surface area contributed by atoms with Crippen molar-refractivity contribution in [2.45, 2.75) is 6.10 Å². The van der Waals surface area contributed by atoms with Gasteiger partial charge in [0.15, 0.2) is 6.10 Å². The highest BCUT2D eigenvalue weighted by molar-refractivity contribution is 9.11.